The zero-order valence-electron chi connectivity index (χ0n) is 15.2. The Labute approximate surface area is 163 Å². The maximum Gasteiger partial charge on any atom is 0.231 e. The van der Waals surface area contributed by atoms with Crippen molar-refractivity contribution in [3.8, 4) is 0 Å². The summed E-state index contributed by atoms with van der Waals surface area (Å²) in [5.74, 6) is 1.25. The molecule has 27 heavy (non-hydrogen) atoms. The lowest BCUT2D eigenvalue weighted by Crippen LogP contribution is -2.27. The number of aromatic amines is 1. The number of rotatable bonds is 5. The van der Waals surface area contributed by atoms with Gasteiger partial charge in [-0.05, 0) is 43.5 Å². The first-order valence-corrected chi connectivity index (χ1v) is 8.69. The lowest BCUT2D eigenvalue weighted by atomic mass is 9.93. The molecule has 8 nitrogen and oxygen atoms in total. The van der Waals surface area contributed by atoms with Crippen molar-refractivity contribution in [1.29, 1.82) is 0 Å². The highest BCUT2D eigenvalue weighted by Gasteiger charge is 2.20. The van der Waals surface area contributed by atoms with E-state index in [1.54, 1.807) is 18.3 Å². The number of carbonyl (C=O) groups excluding carboxylic acids is 1. The van der Waals surface area contributed by atoms with E-state index in [2.05, 4.69) is 30.6 Å². The lowest BCUT2D eigenvalue weighted by molar-refractivity contribution is -0.116. The molecule has 0 aliphatic heterocycles. The molecule has 9 heteroatoms. The van der Waals surface area contributed by atoms with E-state index in [-0.39, 0.29) is 18.3 Å². The van der Waals surface area contributed by atoms with E-state index in [0.717, 1.165) is 35.6 Å². The number of amides is 1. The summed E-state index contributed by atoms with van der Waals surface area (Å²) < 4.78 is 0. The van der Waals surface area contributed by atoms with Crippen LogP contribution in [0.1, 0.15) is 26.2 Å². The second-order valence-electron chi connectivity index (χ2n) is 6.52. The Morgan fingerprint density at radius 3 is 2.59 bits per heavy atom. The standard InChI is InChI=1S/C18H21N7O.ClH/c1-11(26)25(2)14-8-6-13(7-9-14)22-18-23-16-15(19-10-20-16)17(24-18)21-12-4-3-5-12;/h6-10,12H,3-5H2,1-2H3,(H3,19,20,21,22,23,24);1H. The molecule has 0 saturated heterocycles. The van der Waals surface area contributed by atoms with Crippen LogP contribution in [-0.4, -0.2) is 38.9 Å². The molecule has 3 N–H and O–H groups in total. The van der Waals surface area contributed by atoms with Crippen LogP contribution in [0, 0.1) is 0 Å². The van der Waals surface area contributed by atoms with Crippen molar-refractivity contribution in [3.63, 3.8) is 0 Å². The summed E-state index contributed by atoms with van der Waals surface area (Å²) >= 11 is 0. The van der Waals surface area contributed by atoms with E-state index in [4.69, 9.17) is 0 Å². The number of nitrogens with one attached hydrogen (secondary N) is 3. The van der Waals surface area contributed by atoms with Crippen LogP contribution in [0.25, 0.3) is 11.2 Å². The summed E-state index contributed by atoms with van der Waals surface area (Å²) in [5.41, 5.74) is 3.12. The van der Waals surface area contributed by atoms with Gasteiger partial charge in [-0.1, -0.05) is 0 Å². The summed E-state index contributed by atoms with van der Waals surface area (Å²) in [4.78, 5) is 29.5. The SMILES string of the molecule is CC(=O)N(C)c1ccc(Nc2nc(NC3CCC3)c3[nH]cnc3n2)cc1.Cl. The second kappa shape index (κ2) is 7.79. The zero-order valence-corrected chi connectivity index (χ0v) is 16.0. The maximum atomic E-state index is 11.4. The van der Waals surface area contributed by atoms with Gasteiger partial charge in [0.1, 0.15) is 5.52 Å². The number of aromatic nitrogens is 4. The average Bonchev–Trinajstić information content (AvgIpc) is 3.06. The number of fused-ring (bicyclic) bond motifs is 1. The van der Waals surface area contributed by atoms with Gasteiger partial charge in [-0.25, -0.2) is 4.98 Å². The van der Waals surface area contributed by atoms with Gasteiger partial charge in [0, 0.05) is 31.4 Å². The molecule has 2 aromatic heterocycles. The molecule has 0 spiro atoms. The van der Waals surface area contributed by atoms with Crippen LogP contribution in [-0.2, 0) is 4.79 Å². The van der Waals surface area contributed by atoms with E-state index in [1.807, 2.05) is 24.3 Å². The van der Waals surface area contributed by atoms with Crippen molar-refractivity contribution in [2.75, 3.05) is 22.6 Å². The maximum absolute atomic E-state index is 11.4. The minimum absolute atomic E-state index is 0. The molecule has 0 radical (unpaired) electrons. The van der Waals surface area contributed by atoms with Crippen molar-refractivity contribution in [2.45, 2.75) is 32.2 Å². The third-order valence-electron chi connectivity index (χ3n) is 4.71. The van der Waals surface area contributed by atoms with Crippen LogP contribution in [0.4, 0.5) is 23.1 Å². The Kier molecular flexibility index (Phi) is 5.46. The number of H-pyrrole nitrogens is 1. The van der Waals surface area contributed by atoms with Gasteiger partial charge in [-0.3, -0.25) is 4.79 Å². The Bertz CT molecular complexity index is 937. The third-order valence-corrected chi connectivity index (χ3v) is 4.71. The van der Waals surface area contributed by atoms with Gasteiger partial charge in [-0.15, -0.1) is 12.4 Å². The van der Waals surface area contributed by atoms with Crippen LogP contribution >= 0.6 is 12.4 Å². The van der Waals surface area contributed by atoms with E-state index in [9.17, 15) is 4.79 Å². The topological polar surface area (TPSA) is 98.8 Å². The monoisotopic (exact) mass is 387 g/mol. The number of imidazole rings is 1. The molecule has 4 rings (SSSR count). The quantitative estimate of drug-likeness (QED) is 0.620. The molecule has 1 amide bonds. The highest BCUT2D eigenvalue weighted by atomic mass is 35.5. The van der Waals surface area contributed by atoms with Gasteiger partial charge >= 0.3 is 0 Å². The fourth-order valence-corrected chi connectivity index (χ4v) is 2.82. The first-order valence-electron chi connectivity index (χ1n) is 8.69. The van der Waals surface area contributed by atoms with Crippen molar-refractivity contribution in [2.24, 2.45) is 0 Å². The summed E-state index contributed by atoms with van der Waals surface area (Å²) in [6.07, 6.45) is 5.20. The smallest absolute Gasteiger partial charge is 0.231 e. The van der Waals surface area contributed by atoms with Crippen molar-refractivity contribution in [1.82, 2.24) is 19.9 Å². The molecule has 1 aromatic carbocycles. The average molecular weight is 388 g/mol. The van der Waals surface area contributed by atoms with Crippen LogP contribution in [0.15, 0.2) is 30.6 Å². The first-order chi connectivity index (χ1) is 12.6. The predicted octanol–water partition coefficient (Wildman–Crippen LogP) is 3.47. The highest BCUT2D eigenvalue weighted by molar-refractivity contribution is 5.91. The summed E-state index contributed by atoms with van der Waals surface area (Å²) in [7, 11) is 1.75. The van der Waals surface area contributed by atoms with Crippen LogP contribution in [0.5, 0.6) is 0 Å². The minimum Gasteiger partial charge on any atom is -0.365 e. The number of halogens is 1. The molecular weight excluding hydrogens is 366 g/mol. The van der Waals surface area contributed by atoms with Crippen molar-refractivity contribution >= 4 is 52.6 Å². The summed E-state index contributed by atoms with van der Waals surface area (Å²) in [6, 6.07) is 8.01. The highest BCUT2D eigenvalue weighted by Crippen LogP contribution is 2.27. The summed E-state index contributed by atoms with van der Waals surface area (Å²) in [5, 5.41) is 6.67. The van der Waals surface area contributed by atoms with E-state index in [1.165, 1.54) is 13.3 Å². The Morgan fingerprint density at radius 2 is 1.96 bits per heavy atom. The van der Waals surface area contributed by atoms with E-state index >= 15 is 0 Å². The third kappa shape index (κ3) is 3.95. The number of anilines is 4. The first kappa shape index (κ1) is 18.9. The van der Waals surface area contributed by atoms with Crippen LogP contribution in [0.2, 0.25) is 0 Å². The summed E-state index contributed by atoms with van der Waals surface area (Å²) in [6.45, 7) is 1.54. The molecule has 3 aromatic rings. The molecule has 142 valence electrons. The number of carbonyl (C=O) groups is 1. The van der Waals surface area contributed by atoms with Gasteiger partial charge in [0.05, 0.1) is 6.33 Å². The zero-order chi connectivity index (χ0) is 18.1. The second-order valence-corrected chi connectivity index (χ2v) is 6.52. The molecule has 1 aliphatic carbocycles. The number of nitrogens with zero attached hydrogens (tertiary/aromatic N) is 4. The van der Waals surface area contributed by atoms with Crippen molar-refractivity contribution in [3.05, 3.63) is 30.6 Å². The molecule has 2 heterocycles. The molecular formula is C18H22ClN7O. The van der Waals surface area contributed by atoms with E-state index in [0.29, 0.717) is 17.6 Å². The molecule has 1 aliphatic rings. The minimum atomic E-state index is -0.00950. The normalized spacial score (nSPS) is 13.6. The lowest BCUT2D eigenvalue weighted by Gasteiger charge is -2.27. The van der Waals surface area contributed by atoms with Gasteiger partial charge in [0.15, 0.2) is 11.5 Å². The Balaban J connectivity index is 0.00000210. The molecule has 0 unspecified atom stereocenters. The van der Waals surface area contributed by atoms with E-state index < -0.39 is 0 Å². The Hall–Kier alpha value is -2.87. The number of hydrogen-bond acceptors (Lipinski definition) is 6. The fraction of sp³-hybridized carbons (Fsp3) is 0.333. The van der Waals surface area contributed by atoms with Gasteiger partial charge in [-0.2, -0.15) is 9.97 Å². The molecule has 0 bridgehead atoms. The molecule has 1 fully saturated rings. The van der Waals surface area contributed by atoms with Crippen molar-refractivity contribution < 1.29 is 4.79 Å². The van der Waals surface area contributed by atoms with Gasteiger partial charge in [0.25, 0.3) is 0 Å². The van der Waals surface area contributed by atoms with Crippen LogP contribution in [0.3, 0.4) is 0 Å². The largest absolute Gasteiger partial charge is 0.365 e. The number of hydrogen-bond donors (Lipinski definition) is 3. The van der Waals surface area contributed by atoms with Gasteiger partial charge in [0.2, 0.25) is 11.9 Å². The molecule has 1 saturated carbocycles. The Morgan fingerprint density at radius 1 is 1.22 bits per heavy atom. The molecule has 0 atom stereocenters. The number of benzene rings is 1. The van der Waals surface area contributed by atoms with Gasteiger partial charge < -0.3 is 20.5 Å². The van der Waals surface area contributed by atoms with Crippen LogP contribution < -0.4 is 15.5 Å². The fourth-order valence-electron chi connectivity index (χ4n) is 2.82. The predicted molar refractivity (Wildman–Crippen MR) is 109 cm³/mol.